The molecule has 1 N–H and O–H groups in total. The Kier molecular flexibility index (Phi) is 4.59. The minimum atomic E-state index is 0.794. The summed E-state index contributed by atoms with van der Waals surface area (Å²) < 4.78 is 0. The number of thiocarbonyl (C=S) groups is 1. The van der Waals surface area contributed by atoms with Crippen molar-refractivity contribution in [3.05, 3.63) is 12.2 Å². The van der Waals surface area contributed by atoms with E-state index >= 15 is 0 Å². The van der Waals surface area contributed by atoms with E-state index in [2.05, 4.69) is 16.8 Å². The molecule has 0 amide bonds. The van der Waals surface area contributed by atoms with Crippen LogP contribution in [0.15, 0.2) is 12.2 Å². The van der Waals surface area contributed by atoms with Crippen LogP contribution < -0.4 is 5.32 Å². The van der Waals surface area contributed by atoms with E-state index in [1.165, 1.54) is 11.5 Å². The van der Waals surface area contributed by atoms with E-state index in [-0.39, 0.29) is 0 Å². The van der Waals surface area contributed by atoms with Crippen molar-refractivity contribution in [3.8, 4) is 0 Å². The van der Waals surface area contributed by atoms with Gasteiger partial charge in [0.2, 0.25) is 0 Å². The molecule has 1 saturated heterocycles. The monoisotopic (exact) mass is 216 g/mol. The zero-order valence-corrected chi connectivity index (χ0v) is 9.64. The van der Waals surface area contributed by atoms with Gasteiger partial charge in [0.1, 0.15) is 0 Å². The summed E-state index contributed by atoms with van der Waals surface area (Å²) in [5.41, 5.74) is 1.12. The summed E-state index contributed by atoms with van der Waals surface area (Å²) in [5.74, 6) is 2.38. The molecule has 0 aliphatic carbocycles. The van der Waals surface area contributed by atoms with Gasteiger partial charge in [0, 0.05) is 31.1 Å². The predicted molar refractivity (Wildman–Crippen MR) is 64.3 cm³/mol. The maximum absolute atomic E-state index is 5.26. The molecule has 0 radical (unpaired) electrons. The van der Waals surface area contributed by atoms with Gasteiger partial charge in [0.25, 0.3) is 0 Å². The second kappa shape index (κ2) is 5.50. The van der Waals surface area contributed by atoms with Crippen LogP contribution in [0.3, 0.4) is 0 Å². The van der Waals surface area contributed by atoms with Gasteiger partial charge in [-0.05, 0) is 19.1 Å². The third-order valence-electron chi connectivity index (χ3n) is 1.84. The molecule has 1 heterocycles. The lowest BCUT2D eigenvalue weighted by atomic mass is 10.3. The normalized spacial score (nSPS) is 16.8. The SMILES string of the molecule is C=C(C)CNC(=S)N1CCSCC1. The van der Waals surface area contributed by atoms with Crippen LogP contribution in [-0.4, -0.2) is 41.2 Å². The molecule has 0 aromatic heterocycles. The fourth-order valence-corrected chi connectivity index (χ4v) is 2.26. The molecule has 0 aromatic carbocycles. The van der Waals surface area contributed by atoms with Gasteiger partial charge in [-0.15, -0.1) is 0 Å². The molecule has 13 heavy (non-hydrogen) atoms. The fraction of sp³-hybridized carbons (Fsp3) is 0.667. The molecule has 2 nitrogen and oxygen atoms in total. The molecular formula is C9H16N2S2. The number of nitrogens with zero attached hydrogens (tertiary/aromatic N) is 1. The highest BCUT2D eigenvalue weighted by molar-refractivity contribution is 7.99. The molecule has 4 heteroatoms. The number of hydrogen-bond acceptors (Lipinski definition) is 2. The molecule has 0 aromatic rings. The molecule has 1 rings (SSSR count). The van der Waals surface area contributed by atoms with Crippen LogP contribution in [0.4, 0.5) is 0 Å². The standard InChI is InChI=1S/C9H16N2S2/c1-8(2)7-10-9(12)11-3-5-13-6-4-11/h1,3-7H2,2H3,(H,10,12). The molecule has 1 aliphatic heterocycles. The van der Waals surface area contributed by atoms with Gasteiger partial charge in [-0.2, -0.15) is 11.8 Å². The molecule has 0 spiro atoms. The molecule has 0 saturated carbocycles. The minimum absolute atomic E-state index is 0.794. The number of hydrogen-bond donors (Lipinski definition) is 1. The average Bonchev–Trinajstić information content (AvgIpc) is 2.15. The van der Waals surface area contributed by atoms with E-state index in [1.807, 2.05) is 18.7 Å². The Labute approximate surface area is 89.8 Å². The van der Waals surface area contributed by atoms with Crippen molar-refractivity contribution in [2.45, 2.75) is 6.92 Å². The zero-order valence-electron chi connectivity index (χ0n) is 8.01. The van der Waals surface area contributed by atoms with Gasteiger partial charge < -0.3 is 10.2 Å². The minimum Gasteiger partial charge on any atom is -0.359 e. The van der Waals surface area contributed by atoms with Crippen LogP contribution in [0.2, 0.25) is 0 Å². The Balaban J connectivity index is 2.25. The van der Waals surface area contributed by atoms with E-state index < -0.39 is 0 Å². The van der Waals surface area contributed by atoms with Gasteiger partial charge >= 0.3 is 0 Å². The lowest BCUT2D eigenvalue weighted by Gasteiger charge is -2.29. The lowest BCUT2D eigenvalue weighted by molar-refractivity contribution is 0.456. The van der Waals surface area contributed by atoms with Gasteiger partial charge in [0.05, 0.1) is 0 Å². The Bertz CT molecular complexity index is 198. The van der Waals surface area contributed by atoms with Crippen LogP contribution in [0.5, 0.6) is 0 Å². The largest absolute Gasteiger partial charge is 0.359 e. The van der Waals surface area contributed by atoms with E-state index in [4.69, 9.17) is 12.2 Å². The summed E-state index contributed by atoms with van der Waals surface area (Å²) in [4.78, 5) is 2.23. The lowest BCUT2D eigenvalue weighted by Crippen LogP contribution is -2.44. The van der Waals surface area contributed by atoms with Gasteiger partial charge in [-0.1, -0.05) is 12.2 Å². The smallest absolute Gasteiger partial charge is 0.169 e. The third kappa shape index (κ3) is 4.00. The van der Waals surface area contributed by atoms with E-state index in [0.717, 1.165) is 30.3 Å². The average molecular weight is 216 g/mol. The highest BCUT2D eigenvalue weighted by Crippen LogP contribution is 2.08. The van der Waals surface area contributed by atoms with Crippen molar-refractivity contribution in [1.82, 2.24) is 10.2 Å². The fourth-order valence-electron chi connectivity index (χ4n) is 1.10. The van der Waals surface area contributed by atoms with Crippen LogP contribution >= 0.6 is 24.0 Å². The third-order valence-corrected chi connectivity index (χ3v) is 3.18. The summed E-state index contributed by atoms with van der Waals surface area (Å²) in [7, 11) is 0. The van der Waals surface area contributed by atoms with Crippen molar-refractivity contribution in [2.75, 3.05) is 31.1 Å². The zero-order chi connectivity index (χ0) is 9.68. The Morgan fingerprint density at radius 1 is 1.54 bits per heavy atom. The number of thioether (sulfide) groups is 1. The summed E-state index contributed by atoms with van der Waals surface area (Å²) >= 11 is 7.25. The van der Waals surface area contributed by atoms with E-state index in [0.29, 0.717) is 0 Å². The van der Waals surface area contributed by atoms with Crippen LogP contribution in [0, 0.1) is 0 Å². The summed E-state index contributed by atoms with van der Waals surface area (Å²) in [6.45, 7) is 8.78. The second-order valence-corrected chi connectivity index (χ2v) is 4.83. The van der Waals surface area contributed by atoms with Crippen molar-refractivity contribution >= 4 is 29.1 Å². The quantitative estimate of drug-likeness (QED) is 0.555. The number of nitrogens with one attached hydrogen (secondary N) is 1. The molecule has 1 aliphatic rings. The molecule has 1 fully saturated rings. The molecule has 0 unspecified atom stereocenters. The van der Waals surface area contributed by atoms with E-state index in [1.54, 1.807) is 0 Å². The molecular weight excluding hydrogens is 200 g/mol. The summed E-state index contributed by atoms with van der Waals surface area (Å²) in [6, 6.07) is 0. The maximum atomic E-state index is 5.26. The highest BCUT2D eigenvalue weighted by Gasteiger charge is 2.12. The van der Waals surface area contributed by atoms with Crippen LogP contribution in [-0.2, 0) is 0 Å². The first-order valence-corrected chi connectivity index (χ1v) is 6.01. The first-order valence-electron chi connectivity index (χ1n) is 4.45. The van der Waals surface area contributed by atoms with Gasteiger partial charge in [0.15, 0.2) is 5.11 Å². The highest BCUT2D eigenvalue weighted by atomic mass is 32.2. The van der Waals surface area contributed by atoms with Crippen molar-refractivity contribution < 1.29 is 0 Å². The van der Waals surface area contributed by atoms with Crippen molar-refractivity contribution in [3.63, 3.8) is 0 Å². The Morgan fingerprint density at radius 3 is 2.69 bits per heavy atom. The maximum Gasteiger partial charge on any atom is 0.169 e. The molecule has 0 bridgehead atoms. The Hall–Kier alpha value is -0.220. The van der Waals surface area contributed by atoms with Crippen molar-refractivity contribution in [1.29, 1.82) is 0 Å². The van der Waals surface area contributed by atoms with Gasteiger partial charge in [-0.3, -0.25) is 0 Å². The Morgan fingerprint density at radius 2 is 2.15 bits per heavy atom. The number of rotatable bonds is 2. The topological polar surface area (TPSA) is 15.3 Å². The van der Waals surface area contributed by atoms with Crippen LogP contribution in [0.25, 0.3) is 0 Å². The van der Waals surface area contributed by atoms with Crippen molar-refractivity contribution in [2.24, 2.45) is 0 Å². The predicted octanol–water partition coefficient (Wildman–Crippen LogP) is 1.49. The summed E-state index contributed by atoms with van der Waals surface area (Å²) in [6.07, 6.45) is 0. The summed E-state index contributed by atoms with van der Waals surface area (Å²) in [5, 5.41) is 4.08. The first kappa shape index (κ1) is 10.9. The van der Waals surface area contributed by atoms with Crippen LogP contribution in [0.1, 0.15) is 6.92 Å². The van der Waals surface area contributed by atoms with Gasteiger partial charge in [-0.25, -0.2) is 0 Å². The molecule has 74 valence electrons. The van der Waals surface area contributed by atoms with E-state index in [9.17, 15) is 0 Å². The second-order valence-electron chi connectivity index (χ2n) is 3.22. The first-order chi connectivity index (χ1) is 6.20. The molecule has 0 atom stereocenters.